The highest BCUT2D eigenvalue weighted by Gasteiger charge is 2.20. The van der Waals surface area contributed by atoms with Gasteiger partial charge in [-0.1, -0.05) is 121 Å². The van der Waals surface area contributed by atoms with Gasteiger partial charge in [0.1, 0.15) is 0 Å². The molecule has 0 bridgehead atoms. The molecule has 9 aromatic carbocycles. The third-order valence-electron chi connectivity index (χ3n) is 11.9. The van der Waals surface area contributed by atoms with Gasteiger partial charge in [-0.15, -0.1) is 0 Å². The Balaban J connectivity index is 1.09. The van der Waals surface area contributed by atoms with Crippen molar-refractivity contribution in [1.82, 2.24) is 19.1 Å². The lowest BCUT2D eigenvalue weighted by molar-refractivity contribution is 1.16. The molecule has 280 valence electrons. The summed E-state index contributed by atoms with van der Waals surface area (Å²) in [5.41, 5.74) is 10.3. The molecule has 0 unspecified atom stereocenters. The van der Waals surface area contributed by atoms with Gasteiger partial charge >= 0.3 is 0 Å². The van der Waals surface area contributed by atoms with E-state index in [4.69, 9.17) is 9.97 Å². The van der Waals surface area contributed by atoms with Gasteiger partial charge in [0, 0.05) is 54.8 Å². The predicted octanol–water partition coefficient (Wildman–Crippen LogP) is 12.2. The SMILES string of the molecule is O=c1c2ccccc2n(-c2ccc(-c3nc4c5ccccc5c5ccccc5c4nc3-c3ccc(-n4c5ccccc5c(=O)c5ccccc54)cc3)cc2)c2ccccc12. The molecule has 0 saturated carbocycles. The molecule has 0 amide bonds. The first-order chi connectivity index (χ1) is 29.6. The molecule has 12 rings (SSSR count). The van der Waals surface area contributed by atoms with E-state index in [1.54, 1.807) is 0 Å². The average molecular weight is 769 g/mol. The Morgan fingerprint density at radius 1 is 0.283 bits per heavy atom. The summed E-state index contributed by atoms with van der Waals surface area (Å²) in [6, 6.07) is 64.8. The number of benzene rings is 9. The largest absolute Gasteiger partial charge is 0.309 e. The fourth-order valence-corrected chi connectivity index (χ4v) is 9.15. The van der Waals surface area contributed by atoms with Crippen LogP contribution < -0.4 is 10.9 Å². The topological polar surface area (TPSA) is 69.8 Å². The molecule has 0 saturated heterocycles. The van der Waals surface area contributed by atoms with Crippen molar-refractivity contribution in [2.24, 2.45) is 0 Å². The highest BCUT2D eigenvalue weighted by molar-refractivity contribution is 6.23. The minimum absolute atomic E-state index is 0.0260. The van der Waals surface area contributed by atoms with E-state index in [-0.39, 0.29) is 10.9 Å². The highest BCUT2D eigenvalue weighted by Crippen LogP contribution is 2.39. The molecule has 3 heterocycles. The summed E-state index contributed by atoms with van der Waals surface area (Å²) in [6.45, 7) is 0. The third-order valence-corrected chi connectivity index (χ3v) is 11.9. The van der Waals surface area contributed by atoms with Crippen LogP contribution in [0.3, 0.4) is 0 Å². The van der Waals surface area contributed by atoms with Crippen LogP contribution in [0.1, 0.15) is 0 Å². The van der Waals surface area contributed by atoms with Crippen molar-refractivity contribution in [3.8, 4) is 33.9 Å². The van der Waals surface area contributed by atoms with Crippen molar-refractivity contribution in [3.63, 3.8) is 0 Å². The maximum absolute atomic E-state index is 13.6. The van der Waals surface area contributed by atoms with Gasteiger partial charge in [-0.05, 0) is 83.6 Å². The second kappa shape index (κ2) is 13.2. The molecule has 6 nitrogen and oxygen atoms in total. The normalized spacial score (nSPS) is 11.8. The summed E-state index contributed by atoms with van der Waals surface area (Å²) >= 11 is 0. The third kappa shape index (κ3) is 5.01. The maximum atomic E-state index is 13.6. The van der Waals surface area contributed by atoms with Crippen molar-refractivity contribution < 1.29 is 0 Å². The number of para-hydroxylation sites is 4. The van der Waals surface area contributed by atoms with Gasteiger partial charge in [0.25, 0.3) is 0 Å². The van der Waals surface area contributed by atoms with Gasteiger partial charge in [0.2, 0.25) is 0 Å². The van der Waals surface area contributed by atoms with Gasteiger partial charge in [-0.25, -0.2) is 9.97 Å². The molecule has 0 atom stereocenters. The lowest BCUT2D eigenvalue weighted by Crippen LogP contribution is -2.10. The smallest absolute Gasteiger partial charge is 0.197 e. The molecule has 12 aromatic rings. The van der Waals surface area contributed by atoms with Crippen LogP contribution in [-0.2, 0) is 0 Å². The molecule has 0 radical (unpaired) electrons. The maximum Gasteiger partial charge on any atom is 0.197 e. The quantitative estimate of drug-likeness (QED) is 0.132. The lowest BCUT2D eigenvalue weighted by Gasteiger charge is -2.18. The van der Waals surface area contributed by atoms with Gasteiger partial charge < -0.3 is 9.13 Å². The fourth-order valence-electron chi connectivity index (χ4n) is 9.15. The van der Waals surface area contributed by atoms with Crippen molar-refractivity contribution in [2.45, 2.75) is 0 Å². The summed E-state index contributed by atoms with van der Waals surface area (Å²) < 4.78 is 4.32. The molecule has 0 aliphatic heterocycles. The number of pyridine rings is 2. The first kappa shape index (κ1) is 33.9. The minimum Gasteiger partial charge on any atom is -0.309 e. The highest BCUT2D eigenvalue weighted by atomic mass is 16.1. The molecule has 0 aliphatic rings. The Labute approximate surface area is 342 Å². The van der Waals surface area contributed by atoms with E-state index in [0.29, 0.717) is 21.5 Å². The van der Waals surface area contributed by atoms with Gasteiger partial charge in [-0.3, -0.25) is 9.59 Å². The van der Waals surface area contributed by atoms with Crippen molar-refractivity contribution in [2.75, 3.05) is 0 Å². The first-order valence-electron chi connectivity index (χ1n) is 20.0. The van der Waals surface area contributed by atoms with Crippen LogP contribution in [0.5, 0.6) is 0 Å². The van der Waals surface area contributed by atoms with Crippen LogP contribution in [0.2, 0.25) is 0 Å². The first-order valence-corrected chi connectivity index (χ1v) is 20.0. The van der Waals surface area contributed by atoms with Gasteiger partial charge in [-0.2, -0.15) is 0 Å². The van der Waals surface area contributed by atoms with Crippen LogP contribution in [0.25, 0.3) is 110 Å². The number of rotatable bonds is 4. The van der Waals surface area contributed by atoms with E-state index < -0.39 is 0 Å². The molecule has 0 aliphatic carbocycles. The van der Waals surface area contributed by atoms with E-state index in [1.807, 2.05) is 97.1 Å². The molecular weight excluding hydrogens is 737 g/mol. The summed E-state index contributed by atoms with van der Waals surface area (Å²) in [7, 11) is 0. The van der Waals surface area contributed by atoms with Gasteiger partial charge in [0.05, 0.1) is 44.5 Å². The lowest BCUT2D eigenvalue weighted by atomic mass is 9.97. The van der Waals surface area contributed by atoms with Crippen LogP contribution in [0, 0.1) is 0 Å². The van der Waals surface area contributed by atoms with Crippen molar-refractivity contribution in [1.29, 1.82) is 0 Å². The molecule has 3 aromatic heterocycles. The van der Waals surface area contributed by atoms with E-state index in [9.17, 15) is 9.59 Å². The van der Waals surface area contributed by atoms with E-state index >= 15 is 0 Å². The van der Waals surface area contributed by atoms with Crippen molar-refractivity contribution >= 4 is 76.2 Å². The van der Waals surface area contributed by atoms with Crippen LogP contribution in [0.4, 0.5) is 0 Å². The van der Waals surface area contributed by atoms with E-state index in [1.165, 1.54) is 0 Å². The average Bonchev–Trinajstić information content (AvgIpc) is 3.32. The summed E-state index contributed by atoms with van der Waals surface area (Å²) in [6.07, 6.45) is 0. The monoisotopic (exact) mass is 768 g/mol. The zero-order valence-electron chi connectivity index (χ0n) is 32.1. The fraction of sp³-hybridized carbons (Fsp3) is 0. The summed E-state index contributed by atoms with van der Waals surface area (Å²) in [4.78, 5) is 38.2. The van der Waals surface area contributed by atoms with E-state index in [2.05, 4.69) is 106 Å². The zero-order chi connectivity index (χ0) is 39.9. The Morgan fingerprint density at radius 3 is 0.867 bits per heavy atom. The van der Waals surface area contributed by atoms with E-state index in [0.717, 1.165) is 88.5 Å². The molecule has 6 heteroatoms. The summed E-state index contributed by atoms with van der Waals surface area (Å²) in [5, 5.41) is 7.05. The standard InChI is InChI=1S/C54H32N4O2/c59-53-41-17-5-9-21-45(41)57(46-22-10-6-18-42(46)53)35-29-25-33(26-30-35)49-50(56-52-40-16-4-2-14-38(40)37-13-1-3-15-39(37)51(52)55-49)34-27-31-36(32-28-34)58-47-23-11-7-19-43(47)54(60)44-20-8-12-24-48(44)58/h1-32H. The Kier molecular flexibility index (Phi) is 7.43. The Bertz CT molecular complexity index is 3490. The number of hydrogen-bond acceptors (Lipinski definition) is 4. The minimum atomic E-state index is 0.0260. The Hall–Kier alpha value is -8.22. The number of fused-ring (bicyclic) bond motifs is 10. The number of hydrogen-bond donors (Lipinski definition) is 0. The van der Waals surface area contributed by atoms with Crippen molar-refractivity contribution in [3.05, 3.63) is 215 Å². The second-order valence-electron chi connectivity index (χ2n) is 15.2. The molecule has 0 N–H and O–H groups in total. The molecule has 0 spiro atoms. The van der Waals surface area contributed by atoms with Crippen LogP contribution >= 0.6 is 0 Å². The van der Waals surface area contributed by atoms with Gasteiger partial charge in [0.15, 0.2) is 10.9 Å². The predicted molar refractivity (Wildman–Crippen MR) is 247 cm³/mol. The summed E-state index contributed by atoms with van der Waals surface area (Å²) in [5.74, 6) is 0. The van der Waals surface area contributed by atoms with Crippen LogP contribution in [0.15, 0.2) is 204 Å². The molecule has 60 heavy (non-hydrogen) atoms. The van der Waals surface area contributed by atoms with Crippen LogP contribution in [-0.4, -0.2) is 19.1 Å². The Morgan fingerprint density at radius 2 is 0.550 bits per heavy atom. The zero-order valence-corrected chi connectivity index (χ0v) is 32.1. The number of nitrogens with zero attached hydrogens (tertiary/aromatic N) is 4. The number of aromatic nitrogens is 4. The second-order valence-corrected chi connectivity index (χ2v) is 15.2. The molecular formula is C54H32N4O2. The molecule has 0 fully saturated rings.